The molecule has 1 saturated heterocycles. The number of piperazine rings is 1. The van der Waals surface area contributed by atoms with Gasteiger partial charge in [0.15, 0.2) is 4.47 Å². The van der Waals surface area contributed by atoms with Crippen molar-refractivity contribution >= 4 is 28.8 Å². The maximum atomic E-state index is 11.7. The van der Waals surface area contributed by atoms with Gasteiger partial charge >= 0.3 is 0 Å². The molecule has 1 aromatic rings. The third kappa shape index (κ3) is 2.21. The fraction of sp³-hybridized carbons (Fsp3) is 0.600. The molecule has 2 heterocycles. The van der Waals surface area contributed by atoms with E-state index in [2.05, 4.69) is 15.2 Å². The first-order valence-electron chi connectivity index (χ1n) is 5.14. The van der Waals surface area contributed by atoms with Crippen LogP contribution in [0.2, 0.25) is 4.47 Å². The van der Waals surface area contributed by atoms with Crippen molar-refractivity contribution in [3.8, 4) is 0 Å². The van der Waals surface area contributed by atoms with Gasteiger partial charge in [-0.3, -0.25) is 9.69 Å². The summed E-state index contributed by atoms with van der Waals surface area (Å²) in [5.41, 5.74) is -0.464. The molecule has 1 fully saturated rings. The summed E-state index contributed by atoms with van der Waals surface area (Å²) >= 11 is 7.25. The number of aromatic nitrogens is 1. The number of hydrogen-bond donors (Lipinski definition) is 1. The second-order valence-corrected chi connectivity index (χ2v) is 6.01. The van der Waals surface area contributed by atoms with E-state index in [1.54, 1.807) is 6.20 Å². The Morgan fingerprint density at radius 3 is 3.06 bits per heavy atom. The Hall–Kier alpha value is -0.650. The molecule has 2 rings (SSSR count). The number of hydrogen-bond acceptors (Lipinski definition) is 4. The Labute approximate surface area is 104 Å². The van der Waals surface area contributed by atoms with Crippen molar-refractivity contribution in [1.82, 2.24) is 15.2 Å². The molecule has 0 bridgehead atoms. The summed E-state index contributed by atoms with van der Waals surface area (Å²) in [5.74, 6) is 0.0781. The Morgan fingerprint density at radius 1 is 1.69 bits per heavy atom. The predicted molar refractivity (Wildman–Crippen MR) is 64.6 cm³/mol. The summed E-state index contributed by atoms with van der Waals surface area (Å²) in [6, 6.07) is 0. The second kappa shape index (κ2) is 4.31. The van der Waals surface area contributed by atoms with Crippen LogP contribution in [0.3, 0.4) is 0 Å². The van der Waals surface area contributed by atoms with Crippen LogP contribution >= 0.6 is 22.9 Å². The van der Waals surface area contributed by atoms with E-state index in [1.807, 2.05) is 13.8 Å². The number of carbonyl (C=O) groups is 1. The quantitative estimate of drug-likeness (QED) is 0.876. The van der Waals surface area contributed by atoms with Gasteiger partial charge in [0.1, 0.15) is 0 Å². The number of amides is 1. The van der Waals surface area contributed by atoms with Crippen LogP contribution in [0, 0.1) is 0 Å². The predicted octanol–water partition coefficient (Wildman–Crippen LogP) is 1.51. The normalized spacial score (nSPS) is 20.8. The zero-order chi connectivity index (χ0) is 11.8. The molecule has 0 aliphatic carbocycles. The number of nitrogens with one attached hydrogen (secondary N) is 1. The lowest BCUT2D eigenvalue weighted by atomic mass is 9.99. The summed E-state index contributed by atoms with van der Waals surface area (Å²) in [5, 5.41) is 2.87. The highest BCUT2D eigenvalue weighted by atomic mass is 35.5. The van der Waals surface area contributed by atoms with Gasteiger partial charge in [-0.2, -0.15) is 0 Å². The fourth-order valence-corrected chi connectivity index (χ4v) is 2.76. The van der Waals surface area contributed by atoms with E-state index in [0.717, 1.165) is 18.0 Å². The Kier molecular flexibility index (Phi) is 3.19. The van der Waals surface area contributed by atoms with E-state index < -0.39 is 5.54 Å². The highest BCUT2D eigenvalue weighted by molar-refractivity contribution is 7.15. The third-order valence-electron chi connectivity index (χ3n) is 2.89. The van der Waals surface area contributed by atoms with Crippen molar-refractivity contribution in [3.05, 3.63) is 15.5 Å². The van der Waals surface area contributed by atoms with Gasteiger partial charge in [0, 0.05) is 30.7 Å². The van der Waals surface area contributed by atoms with Crippen LogP contribution in [0.5, 0.6) is 0 Å². The third-order valence-corrected chi connectivity index (χ3v) is 3.99. The Balaban J connectivity index is 2.11. The van der Waals surface area contributed by atoms with Gasteiger partial charge in [-0.15, -0.1) is 11.3 Å². The Morgan fingerprint density at radius 2 is 2.44 bits per heavy atom. The number of nitrogens with zero attached hydrogens (tertiary/aromatic N) is 2. The van der Waals surface area contributed by atoms with Crippen LogP contribution in [-0.4, -0.2) is 34.4 Å². The number of thiazole rings is 1. The van der Waals surface area contributed by atoms with Gasteiger partial charge in [0.2, 0.25) is 5.91 Å². The SMILES string of the molecule is CC1(C)C(=O)NCCN1Cc1cnc(Cl)s1. The second-order valence-electron chi connectivity index (χ2n) is 4.32. The standard InChI is InChI=1S/C10H14ClN3OS/c1-10(2)8(15)12-3-4-14(10)6-7-5-13-9(11)16-7/h5H,3-4,6H2,1-2H3,(H,12,15). The van der Waals surface area contributed by atoms with E-state index in [9.17, 15) is 4.79 Å². The van der Waals surface area contributed by atoms with E-state index >= 15 is 0 Å². The molecule has 4 nitrogen and oxygen atoms in total. The summed E-state index contributed by atoms with van der Waals surface area (Å²) < 4.78 is 0.550. The van der Waals surface area contributed by atoms with Crippen molar-refractivity contribution < 1.29 is 4.79 Å². The molecular weight excluding hydrogens is 246 g/mol. The maximum absolute atomic E-state index is 11.7. The molecule has 6 heteroatoms. The first kappa shape index (κ1) is 11.8. The minimum Gasteiger partial charge on any atom is -0.353 e. The van der Waals surface area contributed by atoms with Gasteiger partial charge in [-0.1, -0.05) is 11.6 Å². The van der Waals surface area contributed by atoms with Gasteiger partial charge in [0.05, 0.1) is 5.54 Å². The molecule has 1 aromatic heterocycles. The molecule has 0 saturated carbocycles. The number of halogens is 1. The fourth-order valence-electron chi connectivity index (χ4n) is 1.77. The smallest absolute Gasteiger partial charge is 0.240 e. The topological polar surface area (TPSA) is 45.2 Å². The van der Waals surface area contributed by atoms with Crippen molar-refractivity contribution in [1.29, 1.82) is 0 Å². The average molecular weight is 260 g/mol. The summed E-state index contributed by atoms with van der Waals surface area (Å²) in [4.78, 5) is 19.0. The molecule has 0 radical (unpaired) electrons. The first-order chi connectivity index (χ1) is 7.50. The van der Waals surface area contributed by atoms with Gasteiger partial charge in [0.25, 0.3) is 0 Å². The molecule has 0 unspecified atom stereocenters. The zero-order valence-corrected chi connectivity index (χ0v) is 10.9. The largest absolute Gasteiger partial charge is 0.353 e. The molecular formula is C10H14ClN3OS. The summed E-state index contributed by atoms with van der Waals surface area (Å²) in [6.45, 7) is 6.15. The lowest BCUT2D eigenvalue weighted by Crippen LogP contribution is -2.61. The molecule has 0 spiro atoms. The number of rotatable bonds is 2. The van der Waals surface area contributed by atoms with Crippen molar-refractivity contribution in [3.63, 3.8) is 0 Å². The van der Waals surface area contributed by atoms with Crippen molar-refractivity contribution in [2.24, 2.45) is 0 Å². The Bertz CT molecular complexity index is 405. The van der Waals surface area contributed by atoms with Crippen LogP contribution in [0.1, 0.15) is 18.7 Å². The highest BCUT2D eigenvalue weighted by Crippen LogP contribution is 2.24. The van der Waals surface area contributed by atoms with E-state index in [1.165, 1.54) is 11.3 Å². The molecule has 0 atom stereocenters. The molecule has 1 N–H and O–H groups in total. The van der Waals surface area contributed by atoms with E-state index in [4.69, 9.17) is 11.6 Å². The minimum absolute atomic E-state index is 0.0781. The summed E-state index contributed by atoms with van der Waals surface area (Å²) in [6.07, 6.45) is 1.77. The molecule has 1 aliphatic heterocycles. The zero-order valence-electron chi connectivity index (χ0n) is 9.29. The van der Waals surface area contributed by atoms with Gasteiger partial charge in [-0.05, 0) is 13.8 Å². The molecule has 88 valence electrons. The first-order valence-corrected chi connectivity index (χ1v) is 6.33. The van der Waals surface area contributed by atoms with Crippen LogP contribution in [0.15, 0.2) is 6.20 Å². The summed E-state index contributed by atoms with van der Waals surface area (Å²) in [7, 11) is 0. The molecule has 1 aliphatic rings. The van der Waals surface area contributed by atoms with E-state index in [-0.39, 0.29) is 5.91 Å². The van der Waals surface area contributed by atoms with Gasteiger partial charge < -0.3 is 5.32 Å². The van der Waals surface area contributed by atoms with Crippen LogP contribution in [-0.2, 0) is 11.3 Å². The molecule has 1 amide bonds. The van der Waals surface area contributed by atoms with Gasteiger partial charge in [-0.25, -0.2) is 4.98 Å². The highest BCUT2D eigenvalue weighted by Gasteiger charge is 2.37. The molecule has 0 aromatic carbocycles. The average Bonchev–Trinajstić information content (AvgIpc) is 2.60. The maximum Gasteiger partial charge on any atom is 0.240 e. The number of carbonyl (C=O) groups excluding carboxylic acids is 1. The van der Waals surface area contributed by atoms with Crippen LogP contribution in [0.4, 0.5) is 0 Å². The lowest BCUT2D eigenvalue weighted by molar-refractivity contribution is -0.135. The van der Waals surface area contributed by atoms with Crippen molar-refractivity contribution in [2.75, 3.05) is 13.1 Å². The molecule has 16 heavy (non-hydrogen) atoms. The lowest BCUT2D eigenvalue weighted by Gasteiger charge is -2.40. The minimum atomic E-state index is -0.464. The van der Waals surface area contributed by atoms with Crippen molar-refractivity contribution in [2.45, 2.75) is 25.9 Å². The van der Waals surface area contributed by atoms with E-state index in [0.29, 0.717) is 11.0 Å². The monoisotopic (exact) mass is 259 g/mol. The van der Waals surface area contributed by atoms with Crippen LogP contribution < -0.4 is 5.32 Å². The van der Waals surface area contributed by atoms with Crippen LogP contribution in [0.25, 0.3) is 0 Å².